The molecular weight excluding hydrogens is 590 g/mol. The van der Waals surface area contributed by atoms with E-state index in [0.29, 0.717) is 40.5 Å². The van der Waals surface area contributed by atoms with Crippen molar-refractivity contribution in [3.8, 4) is 11.5 Å². The Morgan fingerprint density at radius 2 is 1.74 bits per heavy atom. The molecule has 38 heavy (non-hydrogen) atoms. The van der Waals surface area contributed by atoms with Crippen molar-refractivity contribution >= 4 is 62.5 Å². The van der Waals surface area contributed by atoms with E-state index in [-0.39, 0.29) is 17.6 Å². The lowest BCUT2D eigenvalue weighted by Crippen LogP contribution is -2.48. The van der Waals surface area contributed by atoms with Crippen LogP contribution < -0.4 is 10.2 Å². The van der Waals surface area contributed by atoms with E-state index in [1.54, 1.807) is 18.2 Å². The van der Waals surface area contributed by atoms with Crippen molar-refractivity contribution in [2.45, 2.75) is 5.22 Å². The lowest BCUT2D eigenvalue weighted by atomic mass is 10.1. The van der Waals surface area contributed by atoms with Crippen LogP contribution in [0.2, 0.25) is 5.02 Å². The van der Waals surface area contributed by atoms with Crippen LogP contribution in [0, 0.1) is 0 Å². The van der Waals surface area contributed by atoms with Crippen LogP contribution in [-0.2, 0) is 4.79 Å². The third-order valence-corrected chi connectivity index (χ3v) is 7.74. The number of carbonyl (C=O) groups is 2. The predicted octanol–water partition coefficient (Wildman–Crippen LogP) is 5.85. The van der Waals surface area contributed by atoms with Crippen molar-refractivity contribution in [3.05, 3.63) is 87.9 Å². The van der Waals surface area contributed by atoms with Gasteiger partial charge in [-0.25, -0.2) is 0 Å². The van der Waals surface area contributed by atoms with E-state index in [1.807, 2.05) is 59.5 Å². The van der Waals surface area contributed by atoms with Gasteiger partial charge in [-0.2, -0.15) is 0 Å². The number of halogens is 2. The highest BCUT2D eigenvalue weighted by Gasteiger charge is 2.23. The molecule has 1 aliphatic heterocycles. The van der Waals surface area contributed by atoms with Gasteiger partial charge in [0.15, 0.2) is 0 Å². The largest absolute Gasteiger partial charge is 0.411 e. The van der Waals surface area contributed by atoms with Crippen molar-refractivity contribution in [1.82, 2.24) is 15.1 Å². The van der Waals surface area contributed by atoms with Crippen LogP contribution in [-0.4, -0.2) is 58.8 Å². The number of benzene rings is 3. The normalized spacial score (nSPS) is 13.4. The highest BCUT2D eigenvalue weighted by Crippen LogP contribution is 2.26. The van der Waals surface area contributed by atoms with Crippen LogP contribution in [0.3, 0.4) is 0 Å². The lowest BCUT2D eigenvalue weighted by Gasteiger charge is -2.36. The topological polar surface area (TPSA) is 91.6 Å². The molecule has 0 aliphatic carbocycles. The maximum absolute atomic E-state index is 12.9. The molecule has 0 radical (unpaired) electrons. The molecule has 0 spiro atoms. The standard InChI is InChI=1S/C27H23BrClN5O3S/c28-23-7-2-1-6-22(23)26(36)34-14-12-33(13-15-34)21-10-8-20(9-11-21)30-24(35)17-38-27-32-31-25(37-27)18-4-3-5-19(29)16-18/h1-11,16H,12-15,17H2,(H,30,35). The summed E-state index contributed by atoms with van der Waals surface area (Å²) in [7, 11) is 0. The highest BCUT2D eigenvalue weighted by atomic mass is 79.9. The number of nitrogens with zero attached hydrogens (tertiary/aromatic N) is 4. The number of aromatic nitrogens is 2. The van der Waals surface area contributed by atoms with Gasteiger partial charge in [-0.3, -0.25) is 9.59 Å². The van der Waals surface area contributed by atoms with Crippen LogP contribution in [0.1, 0.15) is 10.4 Å². The van der Waals surface area contributed by atoms with Crippen LogP contribution in [0.4, 0.5) is 11.4 Å². The number of nitrogens with one attached hydrogen (secondary N) is 1. The molecule has 8 nitrogen and oxygen atoms in total. The van der Waals surface area contributed by atoms with Gasteiger partial charge in [0.25, 0.3) is 11.1 Å². The minimum atomic E-state index is -0.176. The number of carbonyl (C=O) groups excluding carboxylic acids is 2. The number of hydrogen-bond acceptors (Lipinski definition) is 7. The second-order valence-corrected chi connectivity index (χ2v) is 10.7. The molecule has 5 rings (SSSR count). The van der Waals surface area contributed by atoms with Crippen molar-refractivity contribution in [3.63, 3.8) is 0 Å². The molecule has 2 amide bonds. The van der Waals surface area contributed by atoms with E-state index < -0.39 is 0 Å². The summed E-state index contributed by atoms with van der Waals surface area (Å²) in [6.45, 7) is 2.76. The number of piperazine rings is 1. The Kier molecular flexibility index (Phi) is 8.31. The quantitative estimate of drug-likeness (QED) is 0.262. The number of hydrogen-bond donors (Lipinski definition) is 1. The van der Waals surface area contributed by atoms with E-state index in [9.17, 15) is 9.59 Å². The average Bonchev–Trinajstić information content (AvgIpc) is 3.42. The fraction of sp³-hybridized carbons (Fsp3) is 0.185. The minimum absolute atomic E-state index is 0.0364. The van der Waals surface area contributed by atoms with Gasteiger partial charge in [-0.15, -0.1) is 10.2 Å². The molecule has 3 aromatic carbocycles. The SMILES string of the molecule is O=C(CSc1nnc(-c2cccc(Cl)c2)o1)Nc1ccc(N2CCN(C(=O)c3ccccc3Br)CC2)cc1. The van der Waals surface area contributed by atoms with E-state index in [2.05, 4.69) is 36.3 Å². The number of anilines is 2. The molecule has 194 valence electrons. The first kappa shape index (κ1) is 26.3. The summed E-state index contributed by atoms with van der Waals surface area (Å²) in [5, 5.41) is 11.8. The summed E-state index contributed by atoms with van der Waals surface area (Å²) in [4.78, 5) is 29.4. The number of rotatable bonds is 7. The molecule has 1 N–H and O–H groups in total. The number of thioether (sulfide) groups is 1. The van der Waals surface area contributed by atoms with Gasteiger partial charge in [-0.1, -0.05) is 41.6 Å². The summed E-state index contributed by atoms with van der Waals surface area (Å²) < 4.78 is 6.44. The van der Waals surface area contributed by atoms with Crippen molar-refractivity contribution in [2.75, 3.05) is 42.1 Å². The summed E-state index contributed by atoms with van der Waals surface area (Å²) in [6, 6.07) is 22.3. The van der Waals surface area contributed by atoms with Crippen LogP contribution in [0.15, 0.2) is 86.9 Å². The molecule has 0 atom stereocenters. The molecule has 2 heterocycles. The third kappa shape index (κ3) is 6.38. The molecule has 1 saturated heterocycles. The van der Waals surface area contributed by atoms with Gasteiger partial charge in [0.2, 0.25) is 11.8 Å². The Balaban J connectivity index is 1.09. The summed E-state index contributed by atoms with van der Waals surface area (Å²) in [6.07, 6.45) is 0. The molecule has 11 heteroatoms. The maximum atomic E-state index is 12.9. The lowest BCUT2D eigenvalue weighted by molar-refractivity contribution is -0.113. The van der Waals surface area contributed by atoms with Crippen LogP contribution in [0.25, 0.3) is 11.5 Å². The van der Waals surface area contributed by atoms with Gasteiger partial charge < -0.3 is 19.5 Å². The Labute approximate surface area is 237 Å². The first-order valence-electron chi connectivity index (χ1n) is 11.9. The van der Waals surface area contributed by atoms with E-state index in [4.69, 9.17) is 16.0 Å². The smallest absolute Gasteiger partial charge is 0.277 e. The molecule has 1 fully saturated rings. The van der Waals surface area contributed by atoms with Crippen molar-refractivity contribution in [1.29, 1.82) is 0 Å². The van der Waals surface area contributed by atoms with Crippen molar-refractivity contribution in [2.24, 2.45) is 0 Å². The second-order valence-electron chi connectivity index (χ2n) is 8.53. The zero-order valence-electron chi connectivity index (χ0n) is 20.1. The molecule has 1 aliphatic rings. The molecule has 1 aromatic heterocycles. The first-order valence-corrected chi connectivity index (χ1v) is 14.0. The van der Waals surface area contributed by atoms with Crippen molar-refractivity contribution < 1.29 is 14.0 Å². The van der Waals surface area contributed by atoms with Gasteiger partial charge >= 0.3 is 0 Å². The average molecular weight is 613 g/mol. The van der Waals surface area contributed by atoms with E-state index >= 15 is 0 Å². The fourth-order valence-corrected chi connectivity index (χ4v) is 5.27. The minimum Gasteiger partial charge on any atom is -0.411 e. The van der Waals surface area contributed by atoms with Gasteiger partial charge in [0, 0.05) is 52.6 Å². The fourth-order valence-electron chi connectivity index (χ4n) is 4.06. The molecule has 4 aromatic rings. The predicted molar refractivity (Wildman–Crippen MR) is 153 cm³/mol. The highest BCUT2D eigenvalue weighted by molar-refractivity contribution is 9.10. The zero-order chi connectivity index (χ0) is 26.5. The Bertz CT molecular complexity index is 1440. The molecule has 0 bridgehead atoms. The summed E-state index contributed by atoms with van der Waals surface area (Å²) in [5.41, 5.74) is 3.15. The van der Waals surface area contributed by atoms with Crippen LogP contribution in [0.5, 0.6) is 0 Å². The second kappa shape index (κ2) is 12.0. The molecular formula is C27H23BrClN5O3S. The Morgan fingerprint density at radius 3 is 2.47 bits per heavy atom. The van der Waals surface area contributed by atoms with E-state index in [0.717, 1.165) is 28.8 Å². The Hall–Kier alpha value is -3.34. The monoisotopic (exact) mass is 611 g/mol. The van der Waals surface area contributed by atoms with Crippen LogP contribution >= 0.6 is 39.3 Å². The summed E-state index contributed by atoms with van der Waals surface area (Å²) in [5.74, 6) is 0.342. The molecule has 0 saturated carbocycles. The number of amides is 2. The van der Waals surface area contributed by atoms with E-state index in [1.165, 1.54) is 11.8 Å². The molecule has 0 unspecified atom stereocenters. The maximum Gasteiger partial charge on any atom is 0.277 e. The zero-order valence-corrected chi connectivity index (χ0v) is 23.3. The van der Waals surface area contributed by atoms with Gasteiger partial charge in [-0.05, 0) is 70.5 Å². The summed E-state index contributed by atoms with van der Waals surface area (Å²) >= 11 is 10.6. The van der Waals surface area contributed by atoms with Gasteiger partial charge in [0.05, 0.1) is 11.3 Å². The first-order chi connectivity index (χ1) is 18.5. The van der Waals surface area contributed by atoms with Gasteiger partial charge in [0.1, 0.15) is 0 Å². The Morgan fingerprint density at radius 1 is 0.974 bits per heavy atom. The third-order valence-electron chi connectivity index (χ3n) is 5.99.